The van der Waals surface area contributed by atoms with E-state index in [1.54, 1.807) is 25.1 Å². The van der Waals surface area contributed by atoms with Crippen LogP contribution >= 0.6 is 11.6 Å². The van der Waals surface area contributed by atoms with Gasteiger partial charge in [-0.25, -0.2) is 4.39 Å². The Balaban J connectivity index is 2.41. The van der Waals surface area contributed by atoms with Crippen molar-refractivity contribution in [2.45, 2.75) is 6.92 Å². The number of amides is 1. The van der Waals surface area contributed by atoms with E-state index in [1.165, 1.54) is 6.08 Å². The summed E-state index contributed by atoms with van der Waals surface area (Å²) in [5.74, 6) is -2.65. The quantitative estimate of drug-likeness (QED) is 0.440. The number of pyridine rings is 1. The van der Waals surface area contributed by atoms with E-state index in [1.807, 2.05) is 0 Å². The van der Waals surface area contributed by atoms with Crippen LogP contribution in [0.15, 0.2) is 48.5 Å². The molecule has 2 aromatic carbocycles. The van der Waals surface area contributed by atoms with Crippen LogP contribution < -0.4 is 15.4 Å². The van der Waals surface area contributed by atoms with Crippen LogP contribution in [0.25, 0.3) is 10.9 Å². The smallest absolute Gasteiger partial charge is 0.248 e. The zero-order valence-corrected chi connectivity index (χ0v) is 18.5. The average molecular weight is 476 g/mol. The maximum atomic E-state index is 14.2. The third kappa shape index (κ3) is 5.98. The van der Waals surface area contributed by atoms with E-state index < -0.39 is 93.6 Å². The first kappa shape index (κ1) is 15.2. The Kier molecular flexibility index (Phi) is 4.97. The van der Waals surface area contributed by atoms with Gasteiger partial charge in [-0.2, -0.15) is 5.26 Å². The van der Waals surface area contributed by atoms with Gasteiger partial charge in [-0.3, -0.25) is 9.78 Å². The van der Waals surface area contributed by atoms with E-state index in [9.17, 15) is 14.4 Å². The van der Waals surface area contributed by atoms with Crippen molar-refractivity contribution in [1.82, 2.24) is 9.88 Å². The average Bonchev–Trinajstić information content (AvgIpc) is 2.88. The molecule has 0 spiro atoms. The van der Waals surface area contributed by atoms with Gasteiger partial charge in [0, 0.05) is 35.9 Å². The van der Waals surface area contributed by atoms with Gasteiger partial charge in [0.2, 0.25) is 5.91 Å². The highest BCUT2D eigenvalue weighted by atomic mass is 35.5. The lowest BCUT2D eigenvalue weighted by molar-refractivity contribution is -0.111. The number of fused-ring (bicyclic) bond motifs is 1. The number of halogens is 2. The number of hydrogen-bond donors (Lipinski definition) is 2. The zero-order valence-electron chi connectivity index (χ0n) is 25.8. The monoisotopic (exact) mass is 475 g/mol. The van der Waals surface area contributed by atoms with Gasteiger partial charge in [-0.15, -0.1) is 0 Å². The first-order valence-corrected chi connectivity index (χ1v) is 9.78. The number of carbonyl (C=O) groups is 1. The van der Waals surface area contributed by atoms with Gasteiger partial charge in [0.05, 0.1) is 45.0 Å². The van der Waals surface area contributed by atoms with Crippen LogP contribution in [-0.2, 0) is 4.79 Å². The molecule has 33 heavy (non-hydrogen) atoms. The number of benzene rings is 2. The fourth-order valence-electron chi connectivity index (χ4n) is 2.59. The number of nitriles is 1. The molecule has 0 unspecified atom stereocenters. The highest BCUT2D eigenvalue weighted by molar-refractivity contribution is 6.31. The summed E-state index contributed by atoms with van der Waals surface area (Å²) in [4.78, 5) is 18.4. The minimum absolute atomic E-state index is 0.343. The Morgan fingerprint density at radius 3 is 2.91 bits per heavy atom. The topological polar surface area (TPSA) is 90.3 Å². The fourth-order valence-corrected chi connectivity index (χ4v) is 2.74. The fraction of sp³-hybridized carbons (Fsp3) is 0.208. The molecular formula is C24H23ClFN5O2. The van der Waals surface area contributed by atoms with Crippen LogP contribution in [-0.4, -0.2) is 43.0 Å². The molecule has 0 bridgehead atoms. The molecule has 0 aliphatic rings. The predicted octanol–water partition coefficient (Wildman–Crippen LogP) is 5.10. The van der Waals surface area contributed by atoms with Crippen molar-refractivity contribution in [2.75, 3.05) is 37.8 Å². The van der Waals surface area contributed by atoms with Crippen molar-refractivity contribution in [2.24, 2.45) is 0 Å². The molecule has 7 nitrogen and oxygen atoms in total. The largest absolute Gasteiger partial charge is 0.492 e. The summed E-state index contributed by atoms with van der Waals surface area (Å²) in [5, 5.41) is 13.6. The second kappa shape index (κ2) is 10.8. The number of ether oxygens (including phenoxy) is 1. The molecule has 0 aliphatic heterocycles. The van der Waals surface area contributed by atoms with Crippen LogP contribution in [0.1, 0.15) is 23.5 Å². The minimum Gasteiger partial charge on any atom is -0.492 e. The number of rotatable bonds is 8. The maximum Gasteiger partial charge on any atom is 0.248 e. The lowest BCUT2D eigenvalue weighted by atomic mass is 10.1. The standard InChI is InChI=1S/C24H23ClFN5O2/c1-4-33-22-12-20-17(11-21(22)30-23(32)6-5-9-31(2)3)24(15(13-27)14-28-20)29-16-7-8-19(26)18(25)10-16/h5-8,10-12,14H,4,9H2,1-3H3,(H,28,29)(H,30,32)/b6-5+/i4D2,7D,8D,10D,11D,12D,14D. The van der Waals surface area contributed by atoms with Crippen LogP contribution in [0.2, 0.25) is 5.02 Å². The van der Waals surface area contributed by atoms with Crippen molar-refractivity contribution < 1.29 is 24.9 Å². The Bertz CT molecular complexity index is 1610. The first-order valence-electron chi connectivity index (χ1n) is 13.4. The summed E-state index contributed by atoms with van der Waals surface area (Å²) in [6.07, 6.45) is 1.97. The number of nitrogens with zero attached hydrogens (tertiary/aromatic N) is 3. The number of nitrogens with one attached hydrogen (secondary N) is 2. The molecule has 1 aromatic heterocycles. The summed E-state index contributed by atoms with van der Waals surface area (Å²) in [7, 11) is 3.54. The van der Waals surface area contributed by atoms with Gasteiger partial charge < -0.3 is 20.3 Å². The molecule has 9 heteroatoms. The third-order valence-corrected chi connectivity index (χ3v) is 4.26. The van der Waals surface area contributed by atoms with E-state index >= 15 is 0 Å². The van der Waals surface area contributed by atoms with E-state index in [0.717, 1.165) is 13.0 Å². The maximum absolute atomic E-state index is 14.2. The zero-order chi connectivity index (χ0) is 31.0. The van der Waals surface area contributed by atoms with E-state index in [-0.39, 0.29) is 5.39 Å². The number of hydrogen-bond acceptors (Lipinski definition) is 6. The molecule has 0 atom stereocenters. The van der Waals surface area contributed by atoms with Gasteiger partial charge in [-0.1, -0.05) is 17.7 Å². The van der Waals surface area contributed by atoms with Crippen LogP contribution in [0, 0.1) is 17.1 Å². The summed E-state index contributed by atoms with van der Waals surface area (Å²) in [5.41, 5.74) is -2.32. The number of carbonyl (C=O) groups excluding carboxylic acids is 1. The number of likely N-dealkylation sites (N-methyl/N-ethyl adjacent to an activating group) is 1. The molecule has 0 radical (unpaired) electrons. The second-order valence-electron chi connectivity index (χ2n) is 6.73. The van der Waals surface area contributed by atoms with Gasteiger partial charge in [0.25, 0.3) is 0 Å². The molecule has 1 amide bonds. The molecule has 2 N–H and O–H groups in total. The molecule has 3 aromatic rings. The van der Waals surface area contributed by atoms with E-state index in [0.29, 0.717) is 6.54 Å². The highest BCUT2D eigenvalue weighted by Gasteiger charge is 2.15. The van der Waals surface area contributed by atoms with Crippen molar-refractivity contribution in [1.29, 1.82) is 5.26 Å². The lowest BCUT2D eigenvalue weighted by Crippen LogP contribution is -2.13. The van der Waals surface area contributed by atoms with E-state index in [4.69, 9.17) is 27.3 Å². The molecule has 0 saturated carbocycles. The molecule has 170 valence electrons. The Labute approximate surface area is 207 Å². The molecule has 3 rings (SSSR count). The van der Waals surface area contributed by atoms with Crippen molar-refractivity contribution in [3.63, 3.8) is 0 Å². The van der Waals surface area contributed by atoms with Gasteiger partial charge >= 0.3 is 0 Å². The van der Waals surface area contributed by atoms with Gasteiger partial charge in [0.15, 0.2) is 0 Å². The third-order valence-electron chi connectivity index (χ3n) is 4.00. The SMILES string of the molecule is [2H]c1nc2c([2H])c(OC([2H])([2H])C)c(NC(=O)/C=C/CN(C)C)c([2H])c2c(Nc2c([2H])c([2H])c(F)c(Cl)c2[2H])c1C#N. The summed E-state index contributed by atoms with van der Waals surface area (Å²) in [6, 6.07) is -2.05. The molecule has 0 aliphatic carbocycles. The predicted molar refractivity (Wildman–Crippen MR) is 129 cm³/mol. The Morgan fingerprint density at radius 1 is 1.42 bits per heavy atom. The molecular weight excluding hydrogens is 445 g/mol. The van der Waals surface area contributed by atoms with Gasteiger partial charge in [-0.05, 0) is 45.2 Å². The van der Waals surface area contributed by atoms with Crippen molar-refractivity contribution in [3.05, 3.63) is 64.9 Å². The van der Waals surface area contributed by atoms with Crippen molar-refractivity contribution in [3.8, 4) is 11.8 Å². The highest BCUT2D eigenvalue weighted by Crippen LogP contribution is 2.36. The lowest BCUT2D eigenvalue weighted by Gasteiger charge is -2.16. The van der Waals surface area contributed by atoms with Gasteiger partial charge in [0.1, 0.15) is 17.6 Å². The molecule has 0 saturated heterocycles. The number of aromatic nitrogens is 1. The number of anilines is 3. The van der Waals surface area contributed by atoms with Crippen LogP contribution in [0.5, 0.6) is 5.75 Å². The molecule has 0 fully saturated rings. The van der Waals surface area contributed by atoms with E-state index in [2.05, 4.69) is 15.6 Å². The van der Waals surface area contributed by atoms with Crippen LogP contribution in [0.4, 0.5) is 21.5 Å². The summed E-state index contributed by atoms with van der Waals surface area (Å²) < 4.78 is 85.1. The summed E-state index contributed by atoms with van der Waals surface area (Å²) in [6.45, 7) is -0.966. The normalized spacial score (nSPS) is 14.9. The Hall–Kier alpha value is -3.67. The minimum atomic E-state index is -2.39. The molecule has 1 heterocycles. The first-order chi connectivity index (χ1) is 19.0. The Morgan fingerprint density at radius 2 is 2.21 bits per heavy atom. The van der Waals surface area contributed by atoms with Crippen LogP contribution in [0.3, 0.4) is 0 Å². The van der Waals surface area contributed by atoms with Crippen molar-refractivity contribution >= 4 is 45.5 Å². The second-order valence-corrected chi connectivity index (χ2v) is 7.10. The summed E-state index contributed by atoms with van der Waals surface area (Å²) >= 11 is 5.84.